The van der Waals surface area contributed by atoms with Gasteiger partial charge in [0, 0.05) is 23.4 Å². The number of nitrogens with zero attached hydrogens (tertiary/aromatic N) is 3. The molecule has 0 saturated heterocycles. The maximum absolute atomic E-state index is 11.0. The molecule has 0 fully saturated rings. The van der Waals surface area contributed by atoms with E-state index in [4.69, 9.17) is 27.3 Å². The first kappa shape index (κ1) is 14.5. The van der Waals surface area contributed by atoms with Crippen LogP contribution in [0.4, 0.5) is 5.69 Å². The molecule has 1 heterocycles. The summed E-state index contributed by atoms with van der Waals surface area (Å²) in [6.45, 7) is 0. The normalized spacial score (nSPS) is 11.2. The average Bonchev–Trinajstić information content (AvgIpc) is 2.47. The number of amidine groups is 1. The molecule has 0 saturated carbocycles. The summed E-state index contributed by atoms with van der Waals surface area (Å²) in [7, 11) is 0. The van der Waals surface area contributed by atoms with E-state index in [9.17, 15) is 10.1 Å². The molecule has 0 atom stereocenters. The van der Waals surface area contributed by atoms with Crippen molar-refractivity contribution in [2.75, 3.05) is 0 Å². The summed E-state index contributed by atoms with van der Waals surface area (Å²) in [4.78, 5) is 14.2. The molecule has 9 heteroatoms. The molecule has 1 aromatic heterocycles. The molecule has 108 valence electrons. The Labute approximate surface area is 123 Å². The van der Waals surface area contributed by atoms with Gasteiger partial charge in [0.1, 0.15) is 0 Å². The Kier molecular flexibility index (Phi) is 4.19. The largest absolute Gasteiger partial charge is 0.448 e. The quantitative estimate of drug-likeness (QED) is 0.294. The van der Waals surface area contributed by atoms with Crippen molar-refractivity contribution in [1.29, 1.82) is 0 Å². The first-order valence-electron chi connectivity index (χ1n) is 5.56. The molecule has 1 aromatic carbocycles. The third-order valence-electron chi connectivity index (χ3n) is 2.51. The summed E-state index contributed by atoms with van der Waals surface area (Å²) in [5, 5.41) is 22.8. The lowest BCUT2D eigenvalue weighted by molar-refractivity contribution is -0.385. The van der Waals surface area contributed by atoms with Crippen LogP contribution in [-0.2, 0) is 0 Å². The van der Waals surface area contributed by atoms with Crippen LogP contribution in [0.15, 0.2) is 41.8 Å². The van der Waals surface area contributed by atoms with E-state index in [1.54, 1.807) is 0 Å². The van der Waals surface area contributed by atoms with Crippen LogP contribution < -0.4 is 10.5 Å². The molecule has 0 radical (unpaired) electrons. The second-order valence-corrected chi connectivity index (χ2v) is 4.26. The third-order valence-corrected chi connectivity index (χ3v) is 2.74. The second-order valence-electron chi connectivity index (χ2n) is 3.83. The zero-order valence-electron chi connectivity index (χ0n) is 10.4. The van der Waals surface area contributed by atoms with E-state index >= 15 is 0 Å². The lowest BCUT2D eigenvalue weighted by atomic mass is 10.2. The van der Waals surface area contributed by atoms with Gasteiger partial charge >= 0.3 is 5.69 Å². The fraction of sp³-hybridized carbons (Fsp3) is 0. The van der Waals surface area contributed by atoms with Crippen LogP contribution >= 0.6 is 11.6 Å². The average molecular weight is 309 g/mol. The monoisotopic (exact) mass is 308 g/mol. The van der Waals surface area contributed by atoms with E-state index in [1.807, 2.05) is 0 Å². The zero-order valence-corrected chi connectivity index (χ0v) is 11.2. The smallest absolute Gasteiger partial charge is 0.311 e. The number of hydrogen-bond acceptors (Lipinski definition) is 6. The maximum atomic E-state index is 11.0. The summed E-state index contributed by atoms with van der Waals surface area (Å²) in [5.41, 5.74) is 5.48. The zero-order chi connectivity index (χ0) is 15.4. The SMILES string of the molecule is N/C(=N/O)c1ccncc1Oc1cc(Cl)ccc1[N+](=O)[O-]. The minimum Gasteiger partial charge on any atom is -0.448 e. The van der Waals surface area contributed by atoms with Crippen molar-refractivity contribution in [3.8, 4) is 11.5 Å². The molecule has 3 N–H and O–H groups in total. The molecule has 2 aromatic rings. The number of benzene rings is 1. The van der Waals surface area contributed by atoms with Crippen molar-refractivity contribution in [3.05, 3.63) is 57.4 Å². The van der Waals surface area contributed by atoms with Gasteiger partial charge in [0.05, 0.1) is 16.7 Å². The topological polar surface area (TPSA) is 124 Å². The Hall–Kier alpha value is -2.87. The number of nitrogens with two attached hydrogens (primary N) is 1. The van der Waals surface area contributed by atoms with E-state index < -0.39 is 4.92 Å². The van der Waals surface area contributed by atoms with Gasteiger partial charge in [0.25, 0.3) is 0 Å². The van der Waals surface area contributed by atoms with Crippen LogP contribution in [0, 0.1) is 10.1 Å². The molecular weight excluding hydrogens is 300 g/mol. The summed E-state index contributed by atoms with van der Waals surface area (Å²) >= 11 is 5.81. The molecule has 0 bridgehead atoms. The molecule has 0 spiro atoms. The summed E-state index contributed by atoms with van der Waals surface area (Å²) in [5.74, 6) is -0.192. The number of pyridine rings is 1. The fourth-order valence-electron chi connectivity index (χ4n) is 1.57. The lowest BCUT2D eigenvalue weighted by Gasteiger charge is -2.10. The molecule has 0 aliphatic rings. The second kappa shape index (κ2) is 6.06. The summed E-state index contributed by atoms with van der Waals surface area (Å²) < 4.78 is 5.45. The standard InChI is InChI=1S/C12H9ClN4O4/c13-7-1-2-9(17(19)20)10(5-7)21-11-6-15-4-3-8(11)12(14)16-18/h1-6,18H,(H2,14,16). The fourth-order valence-corrected chi connectivity index (χ4v) is 1.73. The van der Waals surface area contributed by atoms with Gasteiger partial charge in [0.2, 0.25) is 5.75 Å². The lowest BCUT2D eigenvalue weighted by Crippen LogP contribution is -2.14. The van der Waals surface area contributed by atoms with E-state index in [0.29, 0.717) is 0 Å². The number of aromatic nitrogens is 1. The number of rotatable bonds is 4. The van der Waals surface area contributed by atoms with Crippen LogP contribution in [0.3, 0.4) is 0 Å². The molecule has 0 amide bonds. The Morgan fingerprint density at radius 1 is 1.43 bits per heavy atom. The van der Waals surface area contributed by atoms with Crippen LogP contribution in [0.1, 0.15) is 5.56 Å². The maximum Gasteiger partial charge on any atom is 0.311 e. The molecular formula is C12H9ClN4O4. The van der Waals surface area contributed by atoms with Gasteiger partial charge in [-0.3, -0.25) is 15.1 Å². The number of halogens is 1. The van der Waals surface area contributed by atoms with E-state index in [0.717, 1.165) is 0 Å². The highest BCUT2D eigenvalue weighted by Gasteiger charge is 2.18. The van der Waals surface area contributed by atoms with E-state index in [2.05, 4.69) is 10.1 Å². The van der Waals surface area contributed by atoms with Crippen LogP contribution in [0.2, 0.25) is 5.02 Å². The van der Waals surface area contributed by atoms with Crippen molar-refractivity contribution in [1.82, 2.24) is 4.98 Å². The number of ether oxygens (including phenoxy) is 1. The van der Waals surface area contributed by atoms with Crippen LogP contribution in [0.25, 0.3) is 0 Å². The highest BCUT2D eigenvalue weighted by molar-refractivity contribution is 6.30. The van der Waals surface area contributed by atoms with Crippen molar-refractivity contribution in [2.24, 2.45) is 10.9 Å². The van der Waals surface area contributed by atoms with Crippen LogP contribution in [-0.4, -0.2) is 21.0 Å². The molecule has 2 rings (SSSR count). The molecule has 0 aliphatic carbocycles. The van der Waals surface area contributed by atoms with Crippen molar-refractivity contribution in [2.45, 2.75) is 0 Å². The van der Waals surface area contributed by atoms with Gasteiger partial charge in [-0.15, -0.1) is 0 Å². The van der Waals surface area contributed by atoms with Gasteiger partial charge in [-0.1, -0.05) is 16.8 Å². The van der Waals surface area contributed by atoms with Gasteiger partial charge in [-0.2, -0.15) is 0 Å². The number of nitro groups is 1. The van der Waals surface area contributed by atoms with Gasteiger partial charge in [-0.25, -0.2) is 0 Å². The highest BCUT2D eigenvalue weighted by Crippen LogP contribution is 2.34. The third kappa shape index (κ3) is 3.18. The molecule has 8 nitrogen and oxygen atoms in total. The minimum atomic E-state index is -0.606. The van der Waals surface area contributed by atoms with Gasteiger partial charge in [0.15, 0.2) is 11.6 Å². The Morgan fingerprint density at radius 2 is 2.19 bits per heavy atom. The van der Waals surface area contributed by atoms with Gasteiger partial charge in [-0.05, 0) is 12.1 Å². The van der Waals surface area contributed by atoms with E-state index in [-0.39, 0.29) is 33.6 Å². The number of hydrogen-bond donors (Lipinski definition) is 2. The van der Waals surface area contributed by atoms with Crippen molar-refractivity contribution >= 4 is 23.1 Å². The van der Waals surface area contributed by atoms with Gasteiger partial charge < -0.3 is 15.7 Å². The van der Waals surface area contributed by atoms with Crippen LogP contribution in [0.5, 0.6) is 11.5 Å². The Morgan fingerprint density at radius 3 is 2.86 bits per heavy atom. The Balaban J connectivity index is 2.48. The predicted molar refractivity (Wildman–Crippen MR) is 74.9 cm³/mol. The summed E-state index contributed by atoms with van der Waals surface area (Å²) in [6.07, 6.45) is 2.70. The number of nitro benzene ring substituents is 1. The van der Waals surface area contributed by atoms with Crippen molar-refractivity contribution < 1.29 is 14.9 Å². The molecule has 21 heavy (non-hydrogen) atoms. The first-order chi connectivity index (χ1) is 10.0. The number of oxime groups is 1. The minimum absolute atomic E-state index is 0.0764. The molecule has 0 unspecified atom stereocenters. The first-order valence-corrected chi connectivity index (χ1v) is 5.94. The molecule has 0 aliphatic heterocycles. The van der Waals surface area contributed by atoms with E-state index in [1.165, 1.54) is 36.7 Å². The highest BCUT2D eigenvalue weighted by atomic mass is 35.5. The Bertz CT molecular complexity index is 720. The van der Waals surface area contributed by atoms with Crippen molar-refractivity contribution in [3.63, 3.8) is 0 Å². The summed E-state index contributed by atoms with van der Waals surface area (Å²) in [6, 6.07) is 5.33. The predicted octanol–water partition coefficient (Wildman–Crippen LogP) is 2.53.